The quantitative estimate of drug-likeness (QED) is 0.571. The summed E-state index contributed by atoms with van der Waals surface area (Å²) in [5, 5.41) is 14.5. The number of ether oxygens (including phenoxy) is 1. The van der Waals surface area contributed by atoms with Gasteiger partial charge in [0, 0.05) is 12.5 Å². The molecule has 1 aliphatic carbocycles. The van der Waals surface area contributed by atoms with Gasteiger partial charge in [0.1, 0.15) is 10.8 Å². The Balaban J connectivity index is 1.61. The Hall–Kier alpha value is -1.87. The van der Waals surface area contributed by atoms with Crippen LogP contribution in [0, 0.1) is 0 Å². The van der Waals surface area contributed by atoms with Crippen LogP contribution in [-0.2, 0) is 16.1 Å². The van der Waals surface area contributed by atoms with E-state index < -0.39 is 5.97 Å². The number of hydrogen-bond acceptors (Lipinski definition) is 7. The SMILES string of the molecule is CCn1c(SCC(=O)Nc2sccc2C(=O)OC)nnc1C1CCCC1. The molecule has 9 heteroatoms. The van der Waals surface area contributed by atoms with Gasteiger partial charge in [-0.15, -0.1) is 21.5 Å². The zero-order chi connectivity index (χ0) is 18.5. The first kappa shape index (κ1) is 18.9. The molecule has 0 saturated heterocycles. The monoisotopic (exact) mass is 394 g/mol. The molecule has 1 aliphatic rings. The van der Waals surface area contributed by atoms with E-state index >= 15 is 0 Å². The zero-order valence-corrected chi connectivity index (χ0v) is 16.5. The van der Waals surface area contributed by atoms with Crippen LogP contribution in [0.15, 0.2) is 16.6 Å². The van der Waals surface area contributed by atoms with E-state index in [-0.39, 0.29) is 11.7 Å². The van der Waals surface area contributed by atoms with Crippen LogP contribution in [0.5, 0.6) is 0 Å². The topological polar surface area (TPSA) is 86.1 Å². The number of nitrogens with one attached hydrogen (secondary N) is 1. The van der Waals surface area contributed by atoms with Gasteiger partial charge in [0.25, 0.3) is 0 Å². The lowest BCUT2D eigenvalue weighted by Gasteiger charge is -2.11. The lowest BCUT2D eigenvalue weighted by atomic mass is 10.1. The molecule has 1 amide bonds. The number of hydrogen-bond donors (Lipinski definition) is 1. The van der Waals surface area contributed by atoms with E-state index in [4.69, 9.17) is 4.74 Å². The molecule has 2 heterocycles. The molecule has 140 valence electrons. The van der Waals surface area contributed by atoms with Gasteiger partial charge in [-0.05, 0) is 31.2 Å². The highest BCUT2D eigenvalue weighted by Crippen LogP contribution is 2.34. The number of aromatic nitrogens is 3. The maximum atomic E-state index is 12.3. The highest BCUT2D eigenvalue weighted by molar-refractivity contribution is 7.99. The van der Waals surface area contributed by atoms with Crippen molar-refractivity contribution in [3.8, 4) is 0 Å². The highest BCUT2D eigenvalue weighted by Gasteiger charge is 2.24. The van der Waals surface area contributed by atoms with Gasteiger partial charge < -0.3 is 14.6 Å². The fourth-order valence-electron chi connectivity index (χ4n) is 3.16. The van der Waals surface area contributed by atoms with Gasteiger partial charge in [0.05, 0.1) is 18.4 Å². The maximum Gasteiger partial charge on any atom is 0.340 e. The normalized spacial score (nSPS) is 14.5. The van der Waals surface area contributed by atoms with Gasteiger partial charge in [-0.1, -0.05) is 24.6 Å². The Morgan fingerprint density at radius 2 is 2.15 bits per heavy atom. The molecule has 1 saturated carbocycles. The molecule has 0 unspecified atom stereocenters. The van der Waals surface area contributed by atoms with Gasteiger partial charge >= 0.3 is 5.97 Å². The second-order valence-corrected chi connectivity index (χ2v) is 7.92. The van der Waals surface area contributed by atoms with E-state index in [1.54, 1.807) is 11.4 Å². The van der Waals surface area contributed by atoms with Gasteiger partial charge in [-0.2, -0.15) is 0 Å². The number of amides is 1. The largest absolute Gasteiger partial charge is 0.465 e. The lowest BCUT2D eigenvalue weighted by molar-refractivity contribution is -0.113. The Labute approximate surface area is 160 Å². The summed E-state index contributed by atoms with van der Waals surface area (Å²) in [5.41, 5.74) is 0.371. The summed E-state index contributed by atoms with van der Waals surface area (Å²) < 4.78 is 6.83. The molecular formula is C17H22N4O3S2. The first-order chi connectivity index (χ1) is 12.6. The fourth-order valence-corrected chi connectivity index (χ4v) is 4.76. The standard InChI is InChI=1S/C17H22N4O3S2/c1-3-21-14(11-6-4-5-7-11)19-20-17(21)26-10-13(22)18-15-12(8-9-25-15)16(23)24-2/h8-9,11H,3-7,10H2,1-2H3,(H,18,22). The van der Waals surface area contributed by atoms with Gasteiger partial charge in [-0.3, -0.25) is 4.79 Å². The minimum atomic E-state index is -0.457. The first-order valence-corrected chi connectivity index (χ1v) is 10.5. The van der Waals surface area contributed by atoms with Crippen molar-refractivity contribution in [3.63, 3.8) is 0 Å². The van der Waals surface area contributed by atoms with Crippen LogP contribution >= 0.6 is 23.1 Å². The molecule has 0 spiro atoms. The summed E-state index contributed by atoms with van der Waals surface area (Å²) in [4.78, 5) is 23.9. The van der Waals surface area contributed by atoms with Gasteiger partial charge in [0.15, 0.2) is 5.16 Å². The molecule has 0 atom stereocenters. The number of carbonyl (C=O) groups excluding carboxylic acids is 2. The number of nitrogens with zero attached hydrogens (tertiary/aromatic N) is 3. The number of esters is 1. The Bertz CT molecular complexity index is 781. The number of anilines is 1. The van der Waals surface area contributed by atoms with Crippen LogP contribution in [0.25, 0.3) is 0 Å². The summed E-state index contributed by atoms with van der Waals surface area (Å²) in [5.74, 6) is 1.09. The van der Waals surface area contributed by atoms with E-state index in [1.807, 2.05) is 0 Å². The molecular weight excluding hydrogens is 372 g/mol. The average molecular weight is 395 g/mol. The van der Waals surface area contributed by atoms with Gasteiger partial charge in [0.2, 0.25) is 5.91 Å². The lowest BCUT2D eigenvalue weighted by Crippen LogP contribution is -2.16. The van der Waals surface area contributed by atoms with Crippen molar-refractivity contribution >= 4 is 40.0 Å². The molecule has 7 nitrogen and oxygen atoms in total. The van der Waals surface area contributed by atoms with E-state index in [0.717, 1.165) is 30.4 Å². The van der Waals surface area contributed by atoms with Gasteiger partial charge in [-0.25, -0.2) is 4.79 Å². The van der Waals surface area contributed by atoms with Crippen molar-refractivity contribution in [3.05, 3.63) is 22.8 Å². The molecule has 1 fully saturated rings. The van der Waals surface area contributed by atoms with E-state index in [0.29, 0.717) is 16.5 Å². The second-order valence-electron chi connectivity index (χ2n) is 6.06. The van der Waals surface area contributed by atoms with Crippen LogP contribution in [0.1, 0.15) is 54.7 Å². The number of thiophene rings is 1. The minimum absolute atomic E-state index is 0.185. The van der Waals surface area contributed by atoms with Crippen LogP contribution in [-0.4, -0.2) is 39.5 Å². The van der Waals surface area contributed by atoms with Crippen molar-refractivity contribution in [1.29, 1.82) is 0 Å². The molecule has 0 radical (unpaired) electrons. The van der Waals surface area contributed by atoms with E-state index in [2.05, 4.69) is 27.0 Å². The Morgan fingerprint density at radius 3 is 2.85 bits per heavy atom. The predicted octanol–water partition coefficient (Wildman–Crippen LogP) is 3.53. The summed E-state index contributed by atoms with van der Waals surface area (Å²) in [6.07, 6.45) is 4.82. The van der Waals surface area contributed by atoms with Crippen LogP contribution in [0.3, 0.4) is 0 Å². The first-order valence-electron chi connectivity index (χ1n) is 8.65. The smallest absolute Gasteiger partial charge is 0.340 e. The van der Waals surface area contributed by atoms with Crippen LogP contribution in [0.4, 0.5) is 5.00 Å². The van der Waals surface area contributed by atoms with Crippen molar-refractivity contribution < 1.29 is 14.3 Å². The van der Waals surface area contributed by atoms with E-state index in [9.17, 15) is 9.59 Å². The minimum Gasteiger partial charge on any atom is -0.465 e. The van der Waals surface area contributed by atoms with Crippen molar-refractivity contribution in [1.82, 2.24) is 14.8 Å². The number of methoxy groups -OCH3 is 1. The predicted molar refractivity (Wildman–Crippen MR) is 102 cm³/mol. The summed E-state index contributed by atoms with van der Waals surface area (Å²) in [6, 6.07) is 1.64. The van der Waals surface area contributed by atoms with E-state index in [1.165, 1.54) is 43.1 Å². The summed E-state index contributed by atoms with van der Waals surface area (Å²) >= 11 is 2.66. The number of carbonyl (C=O) groups is 2. The fraction of sp³-hybridized carbons (Fsp3) is 0.529. The zero-order valence-electron chi connectivity index (χ0n) is 14.9. The molecule has 0 aliphatic heterocycles. The Morgan fingerprint density at radius 1 is 1.38 bits per heavy atom. The molecule has 26 heavy (non-hydrogen) atoms. The number of thioether (sulfide) groups is 1. The molecule has 2 aromatic rings. The highest BCUT2D eigenvalue weighted by atomic mass is 32.2. The summed E-state index contributed by atoms with van der Waals surface area (Å²) in [7, 11) is 1.32. The van der Waals surface area contributed by atoms with Crippen molar-refractivity contribution in [2.45, 2.75) is 50.2 Å². The van der Waals surface area contributed by atoms with Crippen LogP contribution < -0.4 is 5.32 Å². The average Bonchev–Trinajstić information content (AvgIpc) is 3.38. The third-order valence-corrected chi connectivity index (χ3v) is 6.23. The second kappa shape index (κ2) is 8.68. The molecule has 0 aromatic carbocycles. The molecule has 0 bridgehead atoms. The maximum absolute atomic E-state index is 12.3. The molecule has 3 rings (SSSR count). The van der Waals surface area contributed by atoms with Crippen molar-refractivity contribution in [2.75, 3.05) is 18.2 Å². The van der Waals surface area contributed by atoms with Crippen LogP contribution in [0.2, 0.25) is 0 Å². The number of rotatable bonds is 7. The Kier molecular flexibility index (Phi) is 6.31. The molecule has 2 aromatic heterocycles. The van der Waals surface area contributed by atoms with Crippen molar-refractivity contribution in [2.24, 2.45) is 0 Å². The third-order valence-electron chi connectivity index (χ3n) is 4.44. The summed E-state index contributed by atoms with van der Waals surface area (Å²) in [6.45, 7) is 2.86. The molecule has 1 N–H and O–H groups in total. The third kappa shape index (κ3) is 4.09.